The van der Waals surface area contributed by atoms with Gasteiger partial charge in [0.15, 0.2) is 0 Å². The van der Waals surface area contributed by atoms with Crippen LogP contribution in [0, 0.1) is 6.92 Å². The van der Waals surface area contributed by atoms with Crippen LogP contribution in [-0.2, 0) is 0 Å². The summed E-state index contributed by atoms with van der Waals surface area (Å²) in [6, 6.07) is 10.9. The third-order valence-corrected chi connectivity index (χ3v) is 5.26. The number of amides is 1. The number of aromatic nitrogens is 2. The number of ether oxygens (including phenoxy) is 1. The molecule has 0 radical (unpaired) electrons. The summed E-state index contributed by atoms with van der Waals surface area (Å²) in [7, 11) is 2.14. The molecule has 1 aliphatic heterocycles. The highest BCUT2D eigenvalue weighted by Crippen LogP contribution is 2.28. The second-order valence-corrected chi connectivity index (χ2v) is 7.56. The Morgan fingerprint density at radius 2 is 1.93 bits per heavy atom. The van der Waals surface area contributed by atoms with Crippen molar-refractivity contribution in [1.29, 1.82) is 0 Å². The number of hydrogen-bond acceptors (Lipinski definition) is 6. The predicted molar refractivity (Wildman–Crippen MR) is 114 cm³/mol. The van der Waals surface area contributed by atoms with Crippen molar-refractivity contribution in [3.8, 4) is 5.75 Å². The maximum atomic E-state index is 11.2. The predicted octanol–water partition coefficient (Wildman–Crippen LogP) is 3.25. The van der Waals surface area contributed by atoms with Crippen LogP contribution >= 0.6 is 0 Å². The van der Waals surface area contributed by atoms with Crippen LogP contribution in [0.2, 0.25) is 0 Å². The molecule has 0 bridgehead atoms. The average molecular weight is 391 g/mol. The van der Waals surface area contributed by atoms with Gasteiger partial charge in [-0.05, 0) is 62.7 Å². The van der Waals surface area contributed by atoms with Gasteiger partial charge in [-0.15, -0.1) is 0 Å². The van der Waals surface area contributed by atoms with Crippen LogP contribution in [0.25, 0.3) is 10.9 Å². The Morgan fingerprint density at radius 3 is 2.62 bits per heavy atom. The van der Waals surface area contributed by atoms with Gasteiger partial charge >= 0.3 is 0 Å². The van der Waals surface area contributed by atoms with E-state index >= 15 is 0 Å². The molecule has 0 saturated carbocycles. The van der Waals surface area contributed by atoms with Crippen LogP contribution in [-0.4, -0.2) is 47.0 Å². The number of nitrogens with two attached hydrogens (primary N) is 1. The van der Waals surface area contributed by atoms with E-state index in [4.69, 9.17) is 10.5 Å². The summed E-state index contributed by atoms with van der Waals surface area (Å²) >= 11 is 0. The Bertz CT molecular complexity index is 1030. The number of carbonyl (C=O) groups is 1. The number of nitrogens with zero attached hydrogens (tertiary/aromatic N) is 3. The number of aryl methyl sites for hydroxylation is 1. The van der Waals surface area contributed by atoms with Crippen molar-refractivity contribution in [2.24, 2.45) is 5.73 Å². The summed E-state index contributed by atoms with van der Waals surface area (Å²) in [5.74, 6) is 0.909. The molecular weight excluding hydrogens is 366 g/mol. The van der Waals surface area contributed by atoms with E-state index in [1.165, 1.54) is 0 Å². The van der Waals surface area contributed by atoms with Crippen molar-refractivity contribution in [2.75, 3.05) is 25.5 Å². The Labute approximate surface area is 169 Å². The molecule has 1 saturated heterocycles. The summed E-state index contributed by atoms with van der Waals surface area (Å²) in [5.41, 5.74) is 8.43. The molecule has 1 fully saturated rings. The van der Waals surface area contributed by atoms with Crippen LogP contribution in [0.15, 0.2) is 42.6 Å². The van der Waals surface area contributed by atoms with Gasteiger partial charge in [-0.2, -0.15) is 0 Å². The first-order valence-corrected chi connectivity index (χ1v) is 9.77. The third kappa shape index (κ3) is 4.46. The normalized spacial score (nSPS) is 15.4. The minimum atomic E-state index is -0.453. The molecule has 1 amide bonds. The van der Waals surface area contributed by atoms with E-state index < -0.39 is 5.91 Å². The van der Waals surface area contributed by atoms with Crippen LogP contribution in [0.4, 0.5) is 11.6 Å². The van der Waals surface area contributed by atoms with Crippen molar-refractivity contribution >= 4 is 28.4 Å². The van der Waals surface area contributed by atoms with Crippen LogP contribution in [0.5, 0.6) is 5.75 Å². The molecule has 150 valence electrons. The Kier molecular flexibility index (Phi) is 5.31. The van der Waals surface area contributed by atoms with Gasteiger partial charge < -0.3 is 20.7 Å². The number of piperidine rings is 1. The fourth-order valence-corrected chi connectivity index (χ4v) is 3.49. The molecule has 3 N–H and O–H groups in total. The van der Waals surface area contributed by atoms with E-state index in [9.17, 15) is 4.79 Å². The van der Waals surface area contributed by atoms with Gasteiger partial charge in [-0.1, -0.05) is 0 Å². The Morgan fingerprint density at radius 1 is 1.21 bits per heavy atom. The van der Waals surface area contributed by atoms with Gasteiger partial charge in [-0.25, -0.2) is 9.97 Å². The molecule has 0 aliphatic carbocycles. The number of anilines is 2. The SMILES string of the molecule is Cc1cc2cnc(Nc3ccc(C(N)=O)cc3)nc2cc1OC1CCN(C)CC1. The van der Waals surface area contributed by atoms with Gasteiger partial charge in [0.05, 0.1) is 5.52 Å². The van der Waals surface area contributed by atoms with E-state index in [0.29, 0.717) is 11.5 Å². The fourth-order valence-electron chi connectivity index (χ4n) is 3.49. The summed E-state index contributed by atoms with van der Waals surface area (Å²) < 4.78 is 6.29. The summed E-state index contributed by atoms with van der Waals surface area (Å²) in [6.45, 7) is 4.17. The first-order valence-electron chi connectivity index (χ1n) is 9.77. The topological polar surface area (TPSA) is 93.4 Å². The first-order chi connectivity index (χ1) is 14.0. The highest BCUT2D eigenvalue weighted by molar-refractivity contribution is 5.93. The second-order valence-electron chi connectivity index (χ2n) is 7.56. The van der Waals surface area contributed by atoms with E-state index in [0.717, 1.165) is 53.8 Å². The van der Waals surface area contributed by atoms with Gasteiger partial charge in [0.1, 0.15) is 11.9 Å². The van der Waals surface area contributed by atoms with E-state index in [1.54, 1.807) is 30.5 Å². The number of nitrogens with one attached hydrogen (secondary N) is 1. The Hall–Kier alpha value is -3.19. The zero-order valence-corrected chi connectivity index (χ0v) is 16.7. The van der Waals surface area contributed by atoms with Crippen LogP contribution in [0.1, 0.15) is 28.8 Å². The molecule has 1 aromatic heterocycles. The minimum absolute atomic E-state index is 0.241. The van der Waals surface area contributed by atoms with E-state index in [-0.39, 0.29) is 6.10 Å². The standard InChI is InChI=1S/C22H25N5O2/c1-14-11-16-13-24-22(25-17-5-3-15(4-6-17)21(23)28)26-19(16)12-20(14)29-18-7-9-27(2)10-8-18/h3-6,11-13,18H,7-10H2,1-2H3,(H2,23,28)(H,24,25,26). The number of rotatable bonds is 5. The van der Waals surface area contributed by atoms with Crippen LogP contribution < -0.4 is 15.8 Å². The lowest BCUT2D eigenvalue weighted by molar-refractivity contribution is 0.1000. The van der Waals surface area contributed by atoms with E-state index in [1.807, 2.05) is 6.07 Å². The molecule has 1 aliphatic rings. The van der Waals surface area contributed by atoms with Gasteiger partial charge in [0, 0.05) is 42.0 Å². The van der Waals surface area contributed by atoms with Gasteiger partial charge in [0.25, 0.3) is 0 Å². The molecule has 0 spiro atoms. The third-order valence-electron chi connectivity index (χ3n) is 5.26. The number of hydrogen-bond donors (Lipinski definition) is 2. The first kappa shape index (κ1) is 19.1. The lowest BCUT2D eigenvalue weighted by Gasteiger charge is -2.29. The van der Waals surface area contributed by atoms with Crippen molar-refractivity contribution in [1.82, 2.24) is 14.9 Å². The van der Waals surface area contributed by atoms with Crippen molar-refractivity contribution in [2.45, 2.75) is 25.9 Å². The molecule has 4 rings (SSSR count). The van der Waals surface area contributed by atoms with E-state index in [2.05, 4.69) is 40.2 Å². The summed E-state index contributed by atoms with van der Waals surface area (Å²) in [6.07, 6.45) is 4.11. The number of likely N-dealkylation sites (tertiary alicyclic amines) is 1. The molecule has 29 heavy (non-hydrogen) atoms. The zero-order chi connectivity index (χ0) is 20.4. The molecule has 7 nitrogen and oxygen atoms in total. The number of fused-ring (bicyclic) bond motifs is 1. The largest absolute Gasteiger partial charge is 0.490 e. The van der Waals surface area contributed by atoms with Crippen LogP contribution in [0.3, 0.4) is 0 Å². The molecular formula is C22H25N5O2. The molecule has 0 atom stereocenters. The van der Waals surface area contributed by atoms with Gasteiger partial charge in [0.2, 0.25) is 11.9 Å². The summed E-state index contributed by atoms with van der Waals surface area (Å²) in [5, 5.41) is 4.13. The maximum absolute atomic E-state index is 11.2. The average Bonchev–Trinajstić information content (AvgIpc) is 2.71. The monoisotopic (exact) mass is 391 g/mol. The second kappa shape index (κ2) is 8.05. The highest BCUT2D eigenvalue weighted by Gasteiger charge is 2.19. The smallest absolute Gasteiger partial charge is 0.248 e. The minimum Gasteiger partial charge on any atom is -0.490 e. The fraction of sp³-hybridized carbons (Fsp3) is 0.318. The lowest BCUT2D eigenvalue weighted by Crippen LogP contribution is -2.35. The van der Waals surface area contributed by atoms with Crippen molar-refractivity contribution < 1.29 is 9.53 Å². The van der Waals surface area contributed by atoms with Gasteiger partial charge in [-0.3, -0.25) is 4.79 Å². The molecule has 2 aromatic carbocycles. The van der Waals surface area contributed by atoms with Crippen molar-refractivity contribution in [3.63, 3.8) is 0 Å². The number of benzene rings is 2. The maximum Gasteiger partial charge on any atom is 0.248 e. The molecule has 3 aromatic rings. The Balaban J connectivity index is 1.54. The lowest BCUT2D eigenvalue weighted by atomic mass is 10.1. The molecule has 7 heteroatoms. The highest BCUT2D eigenvalue weighted by atomic mass is 16.5. The number of primary amides is 1. The quantitative estimate of drug-likeness (QED) is 0.693. The zero-order valence-electron chi connectivity index (χ0n) is 16.7. The van der Waals surface area contributed by atoms with Crippen molar-refractivity contribution in [3.05, 3.63) is 53.7 Å². The number of carbonyl (C=O) groups excluding carboxylic acids is 1. The molecule has 2 heterocycles. The summed E-state index contributed by atoms with van der Waals surface area (Å²) in [4.78, 5) is 22.6. The molecule has 0 unspecified atom stereocenters.